The molecule has 0 radical (unpaired) electrons. The molecule has 0 saturated carbocycles. The molecule has 8 heteroatoms. The van der Waals surface area contributed by atoms with Gasteiger partial charge in [0.15, 0.2) is 0 Å². The van der Waals surface area contributed by atoms with Crippen LogP contribution in [0.25, 0.3) is 6.08 Å². The van der Waals surface area contributed by atoms with E-state index in [9.17, 15) is 14.9 Å². The molecule has 25 heavy (non-hydrogen) atoms. The molecule has 1 N–H and O–H groups in total. The number of nitrogens with one attached hydrogen (secondary N) is 1. The van der Waals surface area contributed by atoms with Crippen LogP contribution in [0.3, 0.4) is 0 Å². The molecule has 0 atom stereocenters. The first-order valence-corrected chi connectivity index (χ1v) is 9.43. The SMILES string of the molecule is O=C1NC(=S)SC1=Cc1cccc(CSc2ccc([N+](=O)[O-])cc2)c1. The summed E-state index contributed by atoms with van der Waals surface area (Å²) in [5, 5.41) is 13.3. The molecule has 1 aliphatic heterocycles. The maximum atomic E-state index is 11.7. The van der Waals surface area contributed by atoms with Crippen LogP contribution in [0, 0.1) is 10.1 Å². The van der Waals surface area contributed by atoms with Crippen LogP contribution >= 0.6 is 35.7 Å². The van der Waals surface area contributed by atoms with Crippen LogP contribution in [0.4, 0.5) is 5.69 Å². The minimum atomic E-state index is -0.408. The fraction of sp³-hybridized carbons (Fsp3) is 0.0588. The molecule has 126 valence electrons. The largest absolute Gasteiger partial charge is 0.307 e. The van der Waals surface area contributed by atoms with Crippen molar-refractivity contribution in [2.24, 2.45) is 0 Å². The first-order chi connectivity index (χ1) is 12.0. The van der Waals surface area contributed by atoms with Gasteiger partial charge in [0.05, 0.1) is 9.83 Å². The Balaban J connectivity index is 1.68. The zero-order chi connectivity index (χ0) is 17.8. The summed E-state index contributed by atoms with van der Waals surface area (Å²) >= 11 is 7.84. The van der Waals surface area contributed by atoms with Crippen LogP contribution in [0.15, 0.2) is 58.3 Å². The van der Waals surface area contributed by atoms with Crippen LogP contribution < -0.4 is 5.32 Å². The van der Waals surface area contributed by atoms with E-state index in [0.717, 1.165) is 21.8 Å². The normalized spacial score (nSPS) is 15.4. The Hall–Kier alpha value is -2.16. The van der Waals surface area contributed by atoms with E-state index in [4.69, 9.17) is 12.2 Å². The summed E-state index contributed by atoms with van der Waals surface area (Å²) in [6.07, 6.45) is 1.82. The minimum absolute atomic E-state index is 0.0863. The quantitative estimate of drug-likeness (QED) is 0.269. The molecule has 1 heterocycles. The monoisotopic (exact) mass is 388 g/mol. The standard InChI is InChI=1S/C17H12N2O3S3/c20-16-15(25-17(23)18-16)9-11-2-1-3-12(8-11)10-24-14-6-4-13(5-7-14)19(21)22/h1-9H,10H2,(H,18,20,23). The molecule has 0 aliphatic carbocycles. The van der Waals surface area contributed by atoms with Crippen molar-refractivity contribution < 1.29 is 9.72 Å². The fourth-order valence-corrected chi connectivity index (χ4v) is 4.06. The predicted octanol–water partition coefficient (Wildman–Crippen LogP) is 4.38. The molecule has 1 aliphatic rings. The van der Waals surface area contributed by atoms with E-state index in [1.807, 2.05) is 30.3 Å². The van der Waals surface area contributed by atoms with Gasteiger partial charge in [0, 0.05) is 22.8 Å². The van der Waals surface area contributed by atoms with Crippen molar-refractivity contribution in [2.45, 2.75) is 10.6 Å². The molecule has 1 saturated heterocycles. The zero-order valence-corrected chi connectivity index (χ0v) is 15.2. The fourth-order valence-electron chi connectivity index (χ4n) is 2.18. The van der Waals surface area contributed by atoms with Gasteiger partial charge in [0.2, 0.25) is 0 Å². The lowest BCUT2D eigenvalue weighted by Crippen LogP contribution is -2.17. The number of benzene rings is 2. The zero-order valence-electron chi connectivity index (χ0n) is 12.8. The highest BCUT2D eigenvalue weighted by molar-refractivity contribution is 8.26. The number of rotatable bonds is 5. The number of non-ortho nitro benzene ring substituents is 1. The van der Waals surface area contributed by atoms with E-state index >= 15 is 0 Å². The first-order valence-electron chi connectivity index (χ1n) is 7.22. The Morgan fingerprint density at radius 3 is 2.64 bits per heavy atom. The summed E-state index contributed by atoms with van der Waals surface area (Å²) in [6, 6.07) is 14.4. The van der Waals surface area contributed by atoms with Crippen molar-refractivity contribution >= 4 is 57.7 Å². The number of carbonyl (C=O) groups is 1. The molecule has 5 nitrogen and oxygen atoms in total. The lowest BCUT2D eigenvalue weighted by atomic mass is 10.1. The molecule has 1 fully saturated rings. The van der Waals surface area contributed by atoms with Crippen molar-refractivity contribution in [3.8, 4) is 0 Å². The van der Waals surface area contributed by atoms with Crippen LogP contribution in [-0.4, -0.2) is 15.2 Å². The van der Waals surface area contributed by atoms with Gasteiger partial charge in [-0.05, 0) is 29.3 Å². The third-order valence-electron chi connectivity index (χ3n) is 3.34. The number of amides is 1. The van der Waals surface area contributed by atoms with Gasteiger partial charge in [-0.15, -0.1) is 11.8 Å². The maximum Gasteiger partial charge on any atom is 0.269 e. The van der Waals surface area contributed by atoms with Gasteiger partial charge in [-0.2, -0.15) is 0 Å². The van der Waals surface area contributed by atoms with Gasteiger partial charge in [-0.1, -0.05) is 48.2 Å². The van der Waals surface area contributed by atoms with Crippen LogP contribution in [0.2, 0.25) is 0 Å². The number of nitrogens with zero attached hydrogens (tertiary/aromatic N) is 1. The van der Waals surface area contributed by atoms with E-state index in [2.05, 4.69) is 5.32 Å². The molecule has 3 rings (SSSR count). The van der Waals surface area contributed by atoms with E-state index in [-0.39, 0.29) is 11.6 Å². The van der Waals surface area contributed by atoms with E-state index < -0.39 is 4.92 Å². The second kappa shape index (κ2) is 7.81. The second-order valence-electron chi connectivity index (χ2n) is 5.14. The summed E-state index contributed by atoms with van der Waals surface area (Å²) in [5.41, 5.74) is 2.12. The van der Waals surface area contributed by atoms with Crippen LogP contribution in [0.1, 0.15) is 11.1 Å². The topological polar surface area (TPSA) is 72.2 Å². The Labute approximate surface area is 158 Å². The lowest BCUT2D eigenvalue weighted by Gasteiger charge is -2.04. The molecular formula is C17H12N2O3S3. The third kappa shape index (κ3) is 4.68. The first kappa shape index (κ1) is 17.7. The summed E-state index contributed by atoms with van der Waals surface area (Å²) in [4.78, 5) is 23.5. The van der Waals surface area contributed by atoms with Crippen molar-refractivity contribution in [3.63, 3.8) is 0 Å². The number of hydrogen-bond acceptors (Lipinski definition) is 6. The number of carbonyl (C=O) groups excluding carboxylic acids is 1. The van der Waals surface area contributed by atoms with Gasteiger partial charge < -0.3 is 5.32 Å². The molecule has 0 aromatic heterocycles. The van der Waals surface area contributed by atoms with E-state index in [1.165, 1.54) is 23.9 Å². The molecule has 0 spiro atoms. The van der Waals surface area contributed by atoms with Crippen molar-refractivity contribution in [1.29, 1.82) is 0 Å². The van der Waals surface area contributed by atoms with E-state index in [1.54, 1.807) is 23.9 Å². The van der Waals surface area contributed by atoms with Gasteiger partial charge in [-0.25, -0.2) is 0 Å². The summed E-state index contributed by atoms with van der Waals surface area (Å²) in [6.45, 7) is 0. The van der Waals surface area contributed by atoms with Gasteiger partial charge in [0.1, 0.15) is 4.32 Å². The highest BCUT2D eigenvalue weighted by Crippen LogP contribution is 2.28. The molecule has 2 aromatic carbocycles. The smallest absolute Gasteiger partial charge is 0.269 e. The van der Waals surface area contributed by atoms with Crippen molar-refractivity contribution in [3.05, 3.63) is 74.7 Å². The molecule has 0 bridgehead atoms. The second-order valence-corrected chi connectivity index (χ2v) is 7.90. The van der Waals surface area contributed by atoms with Crippen molar-refractivity contribution in [1.82, 2.24) is 5.32 Å². The van der Waals surface area contributed by atoms with Gasteiger partial charge in [-0.3, -0.25) is 14.9 Å². The highest BCUT2D eigenvalue weighted by atomic mass is 32.2. The van der Waals surface area contributed by atoms with Gasteiger partial charge >= 0.3 is 0 Å². The Morgan fingerprint density at radius 2 is 2.00 bits per heavy atom. The maximum absolute atomic E-state index is 11.7. The Morgan fingerprint density at radius 1 is 1.24 bits per heavy atom. The average molecular weight is 388 g/mol. The summed E-state index contributed by atoms with van der Waals surface area (Å²) in [5.74, 6) is 0.563. The van der Waals surface area contributed by atoms with Crippen LogP contribution in [-0.2, 0) is 10.5 Å². The number of nitro groups is 1. The highest BCUT2D eigenvalue weighted by Gasteiger charge is 2.21. The molecule has 1 amide bonds. The summed E-state index contributed by atoms with van der Waals surface area (Å²) in [7, 11) is 0. The van der Waals surface area contributed by atoms with Crippen LogP contribution in [0.5, 0.6) is 0 Å². The number of hydrogen-bond donors (Lipinski definition) is 1. The summed E-state index contributed by atoms with van der Waals surface area (Å²) < 4.78 is 0.473. The third-order valence-corrected chi connectivity index (χ3v) is 5.59. The number of thioether (sulfide) groups is 2. The van der Waals surface area contributed by atoms with Crippen molar-refractivity contribution in [2.75, 3.05) is 0 Å². The Bertz CT molecular complexity index is 879. The minimum Gasteiger partial charge on any atom is -0.307 e. The predicted molar refractivity (Wildman–Crippen MR) is 105 cm³/mol. The lowest BCUT2D eigenvalue weighted by molar-refractivity contribution is -0.384. The Kier molecular flexibility index (Phi) is 5.52. The number of nitro benzene ring substituents is 1. The van der Waals surface area contributed by atoms with Gasteiger partial charge in [0.25, 0.3) is 11.6 Å². The molecular weight excluding hydrogens is 376 g/mol. The number of thiocarbonyl (C=S) groups is 1. The molecule has 2 aromatic rings. The average Bonchev–Trinajstić information content (AvgIpc) is 2.91. The molecule has 0 unspecified atom stereocenters. The van der Waals surface area contributed by atoms with E-state index in [0.29, 0.717) is 9.23 Å².